The van der Waals surface area contributed by atoms with Crippen LogP contribution in [0.25, 0.3) is 10.8 Å². The summed E-state index contributed by atoms with van der Waals surface area (Å²) in [5.74, 6) is -4.46. The van der Waals surface area contributed by atoms with E-state index in [0.717, 1.165) is 10.3 Å². The van der Waals surface area contributed by atoms with E-state index in [9.17, 15) is 22.3 Å². The fourth-order valence-corrected chi connectivity index (χ4v) is 3.33. The summed E-state index contributed by atoms with van der Waals surface area (Å²) in [7, 11) is 0. The van der Waals surface area contributed by atoms with Gasteiger partial charge in [0.2, 0.25) is 5.91 Å². The average Bonchev–Trinajstić information content (AvgIpc) is 2.99. The molecule has 2 aromatic rings. The van der Waals surface area contributed by atoms with Gasteiger partial charge in [0, 0.05) is 16.9 Å². The third kappa shape index (κ3) is 4.01. The van der Waals surface area contributed by atoms with Crippen LogP contribution in [0.15, 0.2) is 41.3 Å². The first-order valence-corrected chi connectivity index (χ1v) is 8.73. The predicted octanol–water partition coefficient (Wildman–Crippen LogP) is 3.31. The summed E-state index contributed by atoms with van der Waals surface area (Å²) in [6.07, 6.45) is -0.712. The van der Waals surface area contributed by atoms with Crippen molar-refractivity contribution in [2.24, 2.45) is 0 Å². The Morgan fingerprint density at radius 2 is 2.11 bits per heavy atom. The molecule has 1 aliphatic heterocycles. The topological polar surface area (TPSA) is 73.2 Å². The summed E-state index contributed by atoms with van der Waals surface area (Å²) in [6, 6.07) is 10.2. The number of halogens is 3. The number of nitriles is 1. The van der Waals surface area contributed by atoms with E-state index in [2.05, 4.69) is 5.32 Å². The Morgan fingerprint density at radius 1 is 1.33 bits per heavy atom. The zero-order valence-corrected chi connectivity index (χ0v) is 14.7. The third-order valence-corrected chi connectivity index (χ3v) is 4.76. The van der Waals surface area contributed by atoms with Gasteiger partial charge in [-0.1, -0.05) is 18.2 Å². The van der Waals surface area contributed by atoms with Gasteiger partial charge in [0.1, 0.15) is 6.04 Å². The Labute approximate surface area is 157 Å². The summed E-state index contributed by atoms with van der Waals surface area (Å²) in [6.45, 7) is -1.35. The molecule has 1 fully saturated rings. The minimum absolute atomic E-state index is 0.0475. The number of carbonyl (C=O) groups is 2. The zero-order valence-electron chi connectivity index (χ0n) is 13.9. The highest BCUT2D eigenvalue weighted by atomic mass is 32.2. The first kappa shape index (κ1) is 19.0. The van der Waals surface area contributed by atoms with Gasteiger partial charge in [0.25, 0.3) is 11.8 Å². The van der Waals surface area contributed by atoms with E-state index in [1.165, 1.54) is 12.1 Å². The first-order valence-electron chi connectivity index (χ1n) is 8.01. The van der Waals surface area contributed by atoms with Crippen LogP contribution >= 0.6 is 12.1 Å². The van der Waals surface area contributed by atoms with E-state index in [0.29, 0.717) is 10.3 Å². The van der Waals surface area contributed by atoms with Crippen LogP contribution in [0.5, 0.6) is 0 Å². The molecule has 140 valence electrons. The molecule has 0 spiro atoms. The number of hydrogen-bond donors (Lipinski definition) is 1. The molecule has 9 heteroatoms. The molecule has 1 N–H and O–H groups in total. The molecule has 0 aromatic heterocycles. The van der Waals surface area contributed by atoms with E-state index in [-0.39, 0.29) is 17.7 Å². The van der Waals surface area contributed by atoms with Crippen LogP contribution in [0.3, 0.4) is 0 Å². The highest BCUT2D eigenvalue weighted by Gasteiger charge is 2.47. The highest BCUT2D eigenvalue weighted by molar-refractivity contribution is 7.94. The lowest BCUT2D eigenvalue weighted by Crippen LogP contribution is -2.43. The molecule has 1 aliphatic rings. The number of carbonyl (C=O) groups excluding carboxylic acids is 2. The highest BCUT2D eigenvalue weighted by Crippen LogP contribution is 2.31. The molecule has 1 heterocycles. The molecule has 3 rings (SSSR count). The molecular weight excluding hydrogens is 379 g/mol. The quantitative estimate of drug-likeness (QED) is 0.865. The number of rotatable bonds is 4. The standard InChI is InChI=1S/C18H14F3N3O2S/c19-18(20)7-12(8-22)24(10-18)16(25)9-23-17(26)14-3-1-2-11-4-5-13(27-21)6-15(11)14/h1-6,12H,7,9-10H2,(H,23,26). The molecule has 1 atom stereocenters. The molecule has 0 radical (unpaired) electrons. The fraction of sp³-hybridized carbons (Fsp3) is 0.278. The van der Waals surface area contributed by atoms with Gasteiger partial charge in [-0.2, -0.15) is 9.15 Å². The Hall–Kier alpha value is -2.73. The zero-order chi connectivity index (χ0) is 19.6. The second-order valence-corrected chi connectivity index (χ2v) is 6.80. The maximum Gasteiger partial charge on any atom is 0.268 e. The second-order valence-electron chi connectivity index (χ2n) is 6.17. The van der Waals surface area contributed by atoms with E-state index in [4.69, 9.17) is 5.26 Å². The summed E-state index contributed by atoms with van der Waals surface area (Å²) in [5, 5.41) is 12.6. The number of hydrogen-bond acceptors (Lipinski definition) is 4. The molecular formula is C18H14F3N3O2S. The molecule has 0 saturated carbocycles. The van der Waals surface area contributed by atoms with Crippen molar-refractivity contribution in [2.45, 2.75) is 23.3 Å². The Kier molecular flexibility index (Phi) is 5.28. The van der Waals surface area contributed by atoms with Crippen molar-refractivity contribution in [2.75, 3.05) is 13.1 Å². The van der Waals surface area contributed by atoms with Gasteiger partial charge in [-0.25, -0.2) is 8.78 Å². The summed E-state index contributed by atoms with van der Waals surface area (Å²) in [4.78, 5) is 25.7. The monoisotopic (exact) mass is 393 g/mol. The lowest BCUT2D eigenvalue weighted by Gasteiger charge is -2.19. The van der Waals surface area contributed by atoms with E-state index in [1.54, 1.807) is 30.3 Å². The molecule has 1 saturated heterocycles. The van der Waals surface area contributed by atoms with Gasteiger partial charge in [-0.05, 0) is 29.0 Å². The SMILES string of the molecule is N#CC1CC(F)(F)CN1C(=O)CNC(=O)c1cccc2ccc(SF)cc12. The maximum atomic E-state index is 13.4. The second kappa shape index (κ2) is 7.48. The van der Waals surface area contributed by atoms with Crippen molar-refractivity contribution in [1.82, 2.24) is 10.2 Å². The molecule has 2 aromatic carbocycles. The van der Waals surface area contributed by atoms with Gasteiger partial charge in [0.05, 0.1) is 31.3 Å². The van der Waals surface area contributed by atoms with Crippen molar-refractivity contribution in [1.29, 1.82) is 5.26 Å². The van der Waals surface area contributed by atoms with Crippen LogP contribution in [0.1, 0.15) is 16.8 Å². The molecule has 27 heavy (non-hydrogen) atoms. The minimum atomic E-state index is -3.11. The number of nitrogens with zero attached hydrogens (tertiary/aromatic N) is 2. The summed E-state index contributed by atoms with van der Waals surface area (Å²) in [5.41, 5.74) is 0.236. The number of amides is 2. The van der Waals surface area contributed by atoms with Crippen LogP contribution in [-0.2, 0) is 4.79 Å². The maximum absolute atomic E-state index is 13.4. The fourth-order valence-electron chi connectivity index (χ4n) is 3.04. The molecule has 5 nitrogen and oxygen atoms in total. The van der Waals surface area contributed by atoms with Gasteiger partial charge < -0.3 is 10.2 Å². The number of nitrogens with one attached hydrogen (secondary N) is 1. The van der Waals surface area contributed by atoms with E-state index in [1.807, 2.05) is 0 Å². The summed E-state index contributed by atoms with van der Waals surface area (Å²) >= 11 is 0.0475. The largest absolute Gasteiger partial charge is 0.343 e. The summed E-state index contributed by atoms with van der Waals surface area (Å²) < 4.78 is 39.7. The Balaban J connectivity index is 1.74. The number of likely N-dealkylation sites (tertiary alicyclic amines) is 1. The molecule has 1 unspecified atom stereocenters. The van der Waals surface area contributed by atoms with Crippen LogP contribution < -0.4 is 5.32 Å². The van der Waals surface area contributed by atoms with Crippen molar-refractivity contribution in [3.8, 4) is 6.07 Å². The van der Waals surface area contributed by atoms with Gasteiger partial charge in [0.15, 0.2) is 0 Å². The number of benzene rings is 2. The smallest absolute Gasteiger partial charge is 0.268 e. The van der Waals surface area contributed by atoms with Crippen molar-refractivity contribution in [3.05, 3.63) is 42.0 Å². The van der Waals surface area contributed by atoms with Crippen LogP contribution in [-0.4, -0.2) is 41.8 Å². The van der Waals surface area contributed by atoms with Gasteiger partial charge >= 0.3 is 0 Å². The van der Waals surface area contributed by atoms with Crippen LogP contribution in [0.4, 0.5) is 12.7 Å². The van der Waals surface area contributed by atoms with Gasteiger partial charge in [-0.15, -0.1) is 0 Å². The number of alkyl halides is 2. The van der Waals surface area contributed by atoms with Gasteiger partial charge in [-0.3, -0.25) is 9.59 Å². The Morgan fingerprint density at radius 3 is 2.81 bits per heavy atom. The van der Waals surface area contributed by atoms with Crippen molar-refractivity contribution < 1.29 is 22.3 Å². The molecule has 0 bridgehead atoms. The van der Waals surface area contributed by atoms with Crippen LogP contribution in [0, 0.1) is 11.3 Å². The van der Waals surface area contributed by atoms with Crippen LogP contribution in [0.2, 0.25) is 0 Å². The van der Waals surface area contributed by atoms with Crippen molar-refractivity contribution >= 4 is 34.7 Å². The normalized spacial score (nSPS) is 18.3. The number of fused-ring (bicyclic) bond motifs is 1. The Bertz CT molecular complexity index is 945. The minimum Gasteiger partial charge on any atom is -0.343 e. The molecule has 0 aliphatic carbocycles. The van der Waals surface area contributed by atoms with E-state index < -0.39 is 43.3 Å². The average molecular weight is 393 g/mol. The first-order chi connectivity index (χ1) is 12.8. The predicted molar refractivity (Wildman–Crippen MR) is 93.9 cm³/mol. The van der Waals surface area contributed by atoms with Crippen molar-refractivity contribution in [3.63, 3.8) is 0 Å². The lowest BCUT2D eigenvalue weighted by atomic mass is 10.0. The third-order valence-electron chi connectivity index (χ3n) is 4.33. The molecule has 2 amide bonds. The lowest BCUT2D eigenvalue weighted by molar-refractivity contribution is -0.131. The van der Waals surface area contributed by atoms with E-state index >= 15 is 0 Å².